The van der Waals surface area contributed by atoms with Crippen LogP contribution in [0.1, 0.15) is 14.5 Å². The SMILES string of the molecule is Cc1ccc(C(=O)Nc2c(F)cc(Br)cc2F)s1. The fourth-order valence-corrected chi connectivity index (χ4v) is 2.56. The van der Waals surface area contributed by atoms with Crippen molar-refractivity contribution in [3.05, 3.63) is 50.1 Å². The fourth-order valence-electron chi connectivity index (χ4n) is 1.39. The van der Waals surface area contributed by atoms with Crippen LogP contribution in [0.25, 0.3) is 0 Å². The zero-order valence-electron chi connectivity index (χ0n) is 9.26. The lowest BCUT2D eigenvalue weighted by Crippen LogP contribution is -2.13. The molecule has 0 aliphatic rings. The third-order valence-corrected chi connectivity index (χ3v) is 3.67. The summed E-state index contributed by atoms with van der Waals surface area (Å²) < 4.78 is 27.3. The van der Waals surface area contributed by atoms with Crippen molar-refractivity contribution in [1.29, 1.82) is 0 Å². The smallest absolute Gasteiger partial charge is 0.265 e. The van der Waals surface area contributed by atoms with Crippen LogP contribution in [0.5, 0.6) is 0 Å². The number of halogens is 3. The zero-order valence-corrected chi connectivity index (χ0v) is 11.7. The minimum Gasteiger partial charge on any atom is -0.316 e. The zero-order chi connectivity index (χ0) is 13.3. The highest BCUT2D eigenvalue weighted by Gasteiger charge is 2.15. The number of hydrogen-bond donors (Lipinski definition) is 1. The van der Waals surface area contributed by atoms with Gasteiger partial charge in [-0.1, -0.05) is 15.9 Å². The lowest BCUT2D eigenvalue weighted by atomic mass is 10.3. The molecule has 2 rings (SSSR count). The molecule has 0 fully saturated rings. The predicted molar refractivity (Wildman–Crippen MR) is 71.1 cm³/mol. The summed E-state index contributed by atoms with van der Waals surface area (Å²) in [5, 5.41) is 2.24. The molecule has 0 aliphatic heterocycles. The number of thiophene rings is 1. The number of amides is 1. The Kier molecular flexibility index (Phi) is 3.77. The number of rotatable bonds is 2. The first-order chi connectivity index (χ1) is 8.47. The van der Waals surface area contributed by atoms with E-state index in [2.05, 4.69) is 21.2 Å². The summed E-state index contributed by atoms with van der Waals surface area (Å²) in [7, 11) is 0. The van der Waals surface area contributed by atoms with E-state index in [1.54, 1.807) is 12.1 Å². The molecule has 0 bridgehead atoms. The topological polar surface area (TPSA) is 29.1 Å². The average Bonchev–Trinajstić information content (AvgIpc) is 2.70. The molecule has 1 amide bonds. The highest BCUT2D eigenvalue weighted by atomic mass is 79.9. The first-order valence-corrected chi connectivity index (χ1v) is 6.60. The average molecular weight is 332 g/mol. The molecule has 0 radical (unpaired) electrons. The molecule has 0 spiro atoms. The first-order valence-electron chi connectivity index (χ1n) is 4.99. The van der Waals surface area contributed by atoms with Crippen LogP contribution in [0.4, 0.5) is 14.5 Å². The monoisotopic (exact) mass is 331 g/mol. The minimum atomic E-state index is -0.816. The van der Waals surface area contributed by atoms with Gasteiger partial charge in [-0.25, -0.2) is 8.78 Å². The standard InChI is InChI=1S/C12H8BrF2NOS/c1-6-2-3-10(18-6)12(17)16-11-8(14)4-7(13)5-9(11)15/h2-5H,1H3,(H,16,17). The van der Waals surface area contributed by atoms with Crippen molar-refractivity contribution >= 4 is 38.9 Å². The molecule has 1 aromatic heterocycles. The van der Waals surface area contributed by atoms with Crippen molar-refractivity contribution in [3.8, 4) is 0 Å². The van der Waals surface area contributed by atoms with Crippen LogP contribution >= 0.6 is 27.3 Å². The van der Waals surface area contributed by atoms with Crippen molar-refractivity contribution in [2.24, 2.45) is 0 Å². The molecule has 2 nitrogen and oxygen atoms in total. The van der Waals surface area contributed by atoms with Gasteiger partial charge in [0.15, 0.2) is 11.6 Å². The van der Waals surface area contributed by atoms with Crippen molar-refractivity contribution in [1.82, 2.24) is 0 Å². The van der Waals surface area contributed by atoms with E-state index in [4.69, 9.17) is 0 Å². The molecule has 6 heteroatoms. The van der Waals surface area contributed by atoms with Gasteiger partial charge in [0.25, 0.3) is 5.91 Å². The maximum atomic E-state index is 13.5. The van der Waals surface area contributed by atoms with E-state index in [0.29, 0.717) is 4.88 Å². The lowest BCUT2D eigenvalue weighted by Gasteiger charge is -2.06. The summed E-state index contributed by atoms with van der Waals surface area (Å²) in [6.07, 6.45) is 0. The van der Waals surface area contributed by atoms with Crippen LogP contribution in [0.3, 0.4) is 0 Å². The first kappa shape index (κ1) is 13.2. The Balaban J connectivity index is 2.27. The van der Waals surface area contributed by atoms with E-state index in [1.165, 1.54) is 11.3 Å². The van der Waals surface area contributed by atoms with E-state index in [0.717, 1.165) is 17.0 Å². The molecule has 0 unspecified atom stereocenters. The molecule has 1 aromatic carbocycles. The molecule has 94 valence electrons. The van der Waals surface area contributed by atoms with Crippen LogP contribution in [-0.2, 0) is 0 Å². The molecule has 18 heavy (non-hydrogen) atoms. The Morgan fingerprint density at radius 2 is 1.89 bits per heavy atom. The van der Waals surface area contributed by atoms with Gasteiger partial charge in [0.05, 0.1) is 4.88 Å². The molecule has 1 N–H and O–H groups in total. The molecule has 0 saturated carbocycles. The summed E-state index contributed by atoms with van der Waals surface area (Å²) in [5.74, 6) is -2.15. The second kappa shape index (κ2) is 5.16. The Bertz CT molecular complexity index is 589. The Labute approximate surface area is 115 Å². The third-order valence-electron chi connectivity index (χ3n) is 2.21. The summed E-state index contributed by atoms with van der Waals surface area (Å²) in [4.78, 5) is 13.1. The van der Waals surface area contributed by atoms with Gasteiger partial charge >= 0.3 is 0 Å². The van der Waals surface area contributed by atoms with Crippen molar-refractivity contribution < 1.29 is 13.6 Å². The van der Waals surface area contributed by atoms with Gasteiger partial charge in [0, 0.05) is 9.35 Å². The summed E-state index contributed by atoms with van der Waals surface area (Å²) in [6, 6.07) is 5.58. The van der Waals surface area contributed by atoms with Crippen molar-refractivity contribution in [2.75, 3.05) is 5.32 Å². The van der Waals surface area contributed by atoms with Crippen molar-refractivity contribution in [3.63, 3.8) is 0 Å². The van der Waals surface area contributed by atoms with E-state index >= 15 is 0 Å². The van der Waals surface area contributed by atoms with Gasteiger partial charge in [-0.3, -0.25) is 4.79 Å². The third kappa shape index (κ3) is 2.76. The van der Waals surface area contributed by atoms with Gasteiger partial charge in [0.2, 0.25) is 0 Å². The largest absolute Gasteiger partial charge is 0.316 e. The molecule has 2 aromatic rings. The molecule has 1 heterocycles. The van der Waals surface area contributed by atoms with E-state index in [9.17, 15) is 13.6 Å². The Hall–Kier alpha value is -1.27. The summed E-state index contributed by atoms with van der Waals surface area (Å²) in [6.45, 7) is 1.85. The molecular formula is C12H8BrF2NOS. The van der Waals surface area contributed by atoms with Crippen molar-refractivity contribution in [2.45, 2.75) is 6.92 Å². The number of benzene rings is 1. The second-order valence-corrected chi connectivity index (χ2v) is 5.81. The number of carbonyl (C=O) groups excluding carboxylic acids is 1. The normalized spacial score (nSPS) is 10.4. The summed E-state index contributed by atoms with van der Waals surface area (Å²) in [5.41, 5.74) is -0.436. The van der Waals surface area contributed by atoms with Crippen LogP contribution < -0.4 is 5.32 Å². The number of hydrogen-bond acceptors (Lipinski definition) is 2. The van der Waals surface area contributed by atoms with Gasteiger partial charge < -0.3 is 5.32 Å². The number of anilines is 1. The van der Waals surface area contributed by atoms with Crippen LogP contribution in [0.2, 0.25) is 0 Å². The van der Waals surface area contributed by atoms with Crippen LogP contribution in [0.15, 0.2) is 28.7 Å². The van der Waals surface area contributed by atoms with Gasteiger partial charge in [-0.15, -0.1) is 11.3 Å². The molecule has 0 atom stereocenters. The molecule has 0 aliphatic carbocycles. The quantitative estimate of drug-likeness (QED) is 0.870. The number of carbonyl (C=O) groups is 1. The maximum absolute atomic E-state index is 13.5. The van der Waals surface area contributed by atoms with Gasteiger partial charge in [0.1, 0.15) is 5.69 Å². The molecule has 0 saturated heterocycles. The van der Waals surface area contributed by atoms with Crippen LogP contribution in [0, 0.1) is 18.6 Å². The fraction of sp³-hybridized carbons (Fsp3) is 0.0833. The van der Waals surface area contributed by atoms with Gasteiger partial charge in [-0.2, -0.15) is 0 Å². The lowest BCUT2D eigenvalue weighted by molar-refractivity contribution is 0.102. The molecular weight excluding hydrogens is 324 g/mol. The minimum absolute atomic E-state index is 0.280. The van der Waals surface area contributed by atoms with E-state index in [1.807, 2.05) is 6.92 Å². The van der Waals surface area contributed by atoms with Crippen LogP contribution in [-0.4, -0.2) is 5.91 Å². The second-order valence-electron chi connectivity index (χ2n) is 3.61. The highest BCUT2D eigenvalue weighted by Crippen LogP contribution is 2.25. The number of aryl methyl sites for hydroxylation is 1. The predicted octanol–water partition coefficient (Wildman–Crippen LogP) is 4.35. The Morgan fingerprint density at radius 1 is 1.28 bits per heavy atom. The van der Waals surface area contributed by atoms with E-state index < -0.39 is 23.2 Å². The van der Waals surface area contributed by atoms with E-state index in [-0.39, 0.29) is 4.47 Å². The van der Waals surface area contributed by atoms with Gasteiger partial charge in [-0.05, 0) is 31.2 Å². The summed E-state index contributed by atoms with van der Waals surface area (Å²) >= 11 is 4.23. The Morgan fingerprint density at radius 3 is 2.39 bits per heavy atom. The maximum Gasteiger partial charge on any atom is 0.265 e. The number of nitrogens with one attached hydrogen (secondary N) is 1. The highest BCUT2D eigenvalue weighted by molar-refractivity contribution is 9.10.